The number of rotatable bonds is 5. The zero-order valence-electron chi connectivity index (χ0n) is 11.1. The molecule has 1 heterocycles. The highest BCUT2D eigenvalue weighted by Crippen LogP contribution is 2.18. The van der Waals surface area contributed by atoms with Gasteiger partial charge in [-0.2, -0.15) is 0 Å². The number of benzene rings is 1. The number of carboxylic acid groups (broad SMARTS) is 1. The molecule has 0 saturated carbocycles. The van der Waals surface area contributed by atoms with E-state index in [1.807, 2.05) is 5.38 Å². The Labute approximate surface area is 116 Å². The number of hydrogen-bond donors (Lipinski definition) is 1. The fourth-order valence-corrected chi connectivity index (χ4v) is 2.66. The third-order valence-electron chi connectivity index (χ3n) is 2.93. The van der Waals surface area contributed by atoms with Crippen molar-refractivity contribution in [3.05, 3.63) is 51.5 Å². The maximum atomic E-state index is 10.6. The van der Waals surface area contributed by atoms with E-state index in [2.05, 4.69) is 43.1 Å². The molecule has 1 aromatic heterocycles. The van der Waals surface area contributed by atoms with Crippen molar-refractivity contribution in [3.8, 4) is 0 Å². The van der Waals surface area contributed by atoms with Crippen molar-refractivity contribution in [2.75, 3.05) is 0 Å². The van der Waals surface area contributed by atoms with Gasteiger partial charge in [-0.1, -0.05) is 38.1 Å². The molecule has 0 saturated heterocycles. The van der Waals surface area contributed by atoms with E-state index in [-0.39, 0.29) is 6.42 Å². The highest BCUT2D eigenvalue weighted by molar-refractivity contribution is 7.09. The number of aliphatic carboxylic acids is 1. The lowest BCUT2D eigenvalue weighted by Crippen LogP contribution is -1.99. The van der Waals surface area contributed by atoms with Gasteiger partial charge in [0, 0.05) is 11.8 Å². The van der Waals surface area contributed by atoms with E-state index in [0.29, 0.717) is 10.9 Å². The molecular formula is C15H17NO2S. The van der Waals surface area contributed by atoms with Crippen LogP contribution in [-0.4, -0.2) is 16.1 Å². The second-order valence-electron chi connectivity index (χ2n) is 4.88. The third-order valence-corrected chi connectivity index (χ3v) is 3.83. The van der Waals surface area contributed by atoms with Gasteiger partial charge in [0.2, 0.25) is 0 Å². The summed E-state index contributed by atoms with van der Waals surface area (Å²) in [6.45, 7) is 4.35. The predicted octanol–water partition coefficient (Wildman–Crippen LogP) is 3.48. The first-order chi connectivity index (χ1) is 9.04. The summed E-state index contributed by atoms with van der Waals surface area (Å²) in [6.07, 6.45) is 0.769. The van der Waals surface area contributed by atoms with Gasteiger partial charge in [-0.15, -0.1) is 11.3 Å². The molecule has 1 aromatic carbocycles. The van der Waals surface area contributed by atoms with Crippen LogP contribution in [0.4, 0.5) is 0 Å². The first-order valence-corrected chi connectivity index (χ1v) is 7.16. The second kappa shape index (κ2) is 5.97. The Morgan fingerprint density at radius 1 is 1.32 bits per heavy atom. The fraction of sp³-hybridized carbons (Fsp3) is 0.333. The average Bonchev–Trinajstić information content (AvgIpc) is 2.76. The summed E-state index contributed by atoms with van der Waals surface area (Å²) in [5, 5.41) is 11.3. The number of carboxylic acids is 1. The molecule has 4 heteroatoms. The molecule has 0 amide bonds. The molecule has 1 N–H and O–H groups in total. The van der Waals surface area contributed by atoms with E-state index in [9.17, 15) is 4.79 Å². The standard InChI is InChI=1S/C15H17NO2S/c1-10(2)12-5-3-11(4-6-12)7-13-9-19-14(16-13)8-15(17)18/h3-6,9-10H,7-8H2,1-2H3,(H,17,18). The first-order valence-electron chi connectivity index (χ1n) is 6.28. The summed E-state index contributed by atoms with van der Waals surface area (Å²) < 4.78 is 0. The van der Waals surface area contributed by atoms with Crippen LogP contribution in [0.2, 0.25) is 0 Å². The molecule has 0 aliphatic rings. The van der Waals surface area contributed by atoms with Crippen LogP contribution in [0.5, 0.6) is 0 Å². The van der Waals surface area contributed by atoms with Crippen LogP contribution in [0.15, 0.2) is 29.6 Å². The first kappa shape index (κ1) is 13.7. The van der Waals surface area contributed by atoms with Crippen molar-refractivity contribution in [1.29, 1.82) is 0 Å². The molecule has 0 fully saturated rings. The summed E-state index contributed by atoms with van der Waals surface area (Å²) in [5.41, 5.74) is 3.48. The zero-order valence-corrected chi connectivity index (χ0v) is 11.9. The van der Waals surface area contributed by atoms with E-state index < -0.39 is 5.97 Å². The van der Waals surface area contributed by atoms with Gasteiger partial charge in [-0.3, -0.25) is 4.79 Å². The van der Waals surface area contributed by atoms with E-state index in [1.165, 1.54) is 22.5 Å². The van der Waals surface area contributed by atoms with Crippen LogP contribution in [0.1, 0.15) is 41.6 Å². The van der Waals surface area contributed by atoms with Gasteiger partial charge in [-0.25, -0.2) is 4.98 Å². The number of hydrogen-bond acceptors (Lipinski definition) is 3. The predicted molar refractivity (Wildman–Crippen MR) is 76.8 cm³/mol. The molecule has 0 radical (unpaired) electrons. The van der Waals surface area contributed by atoms with Crippen LogP contribution >= 0.6 is 11.3 Å². The lowest BCUT2D eigenvalue weighted by atomic mass is 10.0. The Bertz CT molecular complexity index is 558. The van der Waals surface area contributed by atoms with Crippen LogP contribution in [-0.2, 0) is 17.6 Å². The normalized spacial score (nSPS) is 10.9. The Balaban J connectivity index is 2.04. The minimum Gasteiger partial charge on any atom is -0.481 e. The summed E-state index contributed by atoms with van der Waals surface area (Å²) in [6, 6.07) is 8.52. The van der Waals surface area contributed by atoms with Crippen molar-refractivity contribution in [2.24, 2.45) is 0 Å². The summed E-state index contributed by atoms with van der Waals surface area (Å²) in [7, 11) is 0. The van der Waals surface area contributed by atoms with Crippen LogP contribution in [0.25, 0.3) is 0 Å². The highest BCUT2D eigenvalue weighted by atomic mass is 32.1. The van der Waals surface area contributed by atoms with Crippen molar-refractivity contribution in [1.82, 2.24) is 4.98 Å². The van der Waals surface area contributed by atoms with Gasteiger partial charge in [0.1, 0.15) is 5.01 Å². The Hall–Kier alpha value is -1.68. The Morgan fingerprint density at radius 3 is 2.58 bits per heavy atom. The molecule has 0 aliphatic heterocycles. The molecule has 0 atom stereocenters. The van der Waals surface area contributed by atoms with Crippen molar-refractivity contribution in [3.63, 3.8) is 0 Å². The smallest absolute Gasteiger partial charge is 0.310 e. The van der Waals surface area contributed by atoms with Crippen molar-refractivity contribution >= 4 is 17.3 Å². The lowest BCUT2D eigenvalue weighted by Gasteiger charge is -2.05. The number of nitrogens with zero attached hydrogens (tertiary/aromatic N) is 1. The molecule has 0 spiro atoms. The van der Waals surface area contributed by atoms with E-state index in [0.717, 1.165) is 12.1 Å². The minimum atomic E-state index is -0.831. The summed E-state index contributed by atoms with van der Waals surface area (Å²) in [4.78, 5) is 14.9. The van der Waals surface area contributed by atoms with E-state index >= 15 is 0 Å². The highest BCUT2D eigenvalue weighted by Gasteiger charge is 2.07. The quantitative estimate of drug-likeness (QED) is 0.908. The SMILES string of the molecule is CC(C)c1ccc(Cc2csc(CC(=O)O)n2)cc1. The topological polar surface area (TPSA) is 50.2 Å². The lowest BCUT2D eigenvalue weighted by molar-refractivity contribution is -0.136. The molecule has 2 rings (SSSR count). The van der Waals surface area contributed by atoms with Gasteiger partial charge in [-0.05, 0) is 17.0 Å². The average molecular weight is 275 g/mol. The summed E-state index contributed by atoms with van der Waals surface area (Å²) >= 11 is 1.41. The Morgan fingerprint density at radius 2 is 2.00 bits per heavy atom. The largest absolute Gasteiger partial charge is 0.481 e. The molecule has 100 valence electrons. The van der Waals surface area contributed by atoms with Gasteiger partial charge in [0.15, 0.2) is 0 Å². The molecule has 2 aromatic rings. The van der Waals surface area contributed by atoms with Gasteiger partial charge < -0.3 is 5.11 Å². The molecule has 3 nitrogen and oxygen atoms in total. The third kappa shape index (κ3) is 3.89. The monoisotopic (exact) mass is 275 g/mol. The van der Waals surface area contributed by atoms with Crippen LogP contribution < -0.4 is 0 Å². The van der Waals surface area contributed by atoms with Gasteiger partial charge in [0.25, 0.3) is 0 Å². The molecule has 0 aliphatic carbocycles. The maximum Gasteiger partial charge on any atom is 0.310 e. The molecule has 19 heavy (non-hydrogen) atoms. The zero-order chi connectivity index (χ0) is 13.8. The number of carbonyl (C=O) groups is 1. The van der Waals surface area contributed by atoms with Gasteiger partial charge >= 0.3 is 5.97 Å². The number of thiazole rings is 1. The minimum absolute atomic E-state index is 0.0109. The fourth-order valence-electron chi connectivity index (χ4n) is 1.87. The van der Waals surface area contributed by atoms with Crippen LogP contribution in [0, 0.1) is 0 Å². The maximum absolute atomic E-state index is 10.6. The molecule has 0 bridgehead atoms. The number of aromatic nitrogens is 1. The van der Waals surface area contributed by atoms with Crippen LogP contribution in [0.3, 0.4) is 0 Å². The molecular weight excluding hydrogens is 258 g/mol. The summed E-state index contributed by atoms with van der Waals surface area (Å²) in [5.74, 6) is -0.294. The second-order valence-corrected chi connectivity index (χ2v) is 5.82. The van der Waals surface area contributed by atoms with E-state index in [4.69, 9.17) is 5.11 Å². The van der Waals surface area contributed by atoms with Gasteiger partial charge in [0.05, 0.1) is 12.1 Å². The van der Waals surface area contributed by atoms with Crippen molar-refractivity contribution < 1.29 is 9.90 Å². The molecule has 0 unspecified atom stereocenters. The van der Waals surface area contributed by atoms with Crippen molar-refractivity contribution in [2.45, 2.75) is 32.6 Å². The Kier molecular flexibility index (Phi) is 4.32. The van der Waals surface area contributed by atoms with E-state index in [1.54, 1.807) is 0 Å².